The summed E-state index contributed by atoms with van der Waals surface area (Å²) in [5, 5.41) is 11.3. The smallest absolute Gasteiger partial charge is 0.257 e. The molecule has 7 rings (SSSR count). The predicted molar refractivity (Wildman–Crippen MR) is 168 cm³/mol. The molecule has 222 valence electrons. The zero-order valence-electron chi connectivity index (χ0n) is 23.4. The first-order chi connectivity index (χ1) is 20.8. The number of benzene rings is 2. The molecule has 2 aliphatic heterocycles. The van der Waals surface area contributed by atoms with Crippen molar-refractivity contribution in [2.75, 3.05) is 38.5 Å². The van der Waals surface area contributed by atoms with Crippen molar-refractivity contribution in [3.63, 3.8) is 0 Å². The fraction of sp³-hybridized carbons (Fsp3) is 0.333. The number of carbonyl (C=O) groups is 1. The van der Waals surface area contributed by atoms with Gasteiger partial charge in [0.2, 0.25) is 0 Å². The summed E-state index contributed by atoms with van der Waals surface area (Å²) in [6, 6.07) is 9.20. The van der Waals surface area contributed by atoms with E-state index in [-0.39, 0.29) is 13.0 Å². The van der Waals surface area contributed by atoms with Gasteiger partial charge >= 0.3 is 0 Å². The number of imidazole rings is 1. The average Bonchev–Trinajstić information content (AvgIpc) is 3.79. The fourth-order valence-corrected chi connectivity index (χ4v) is 6.95. The maximum Gasteiger partial charge on any atom is 0.257 e. The number of aromatic nitrogens is 5. The number of alkyl halides is 1. The van der Waals surface area contributed by atoms with Crippen LogP contribution >= 0.6 is 34.5 Å². The minimum absolute atomic E-state index is 0.174. The summed E-state index contributed by atoms with van der Waals surface area (Å²) < 4.78 is 17.6. The Morgan fingerprint density at radius 2 is 1.95 bits per heavy atom. The first kappa shape index (κ1) is 28.4. The molecule has 9 nitrogen and oxygen atoms in total. The van der Waals surface area contributed by atoms with Gasteiger partial charge in [0.1, 0.15) is 11.7 Å². The Morgan fingerprint density at radius 3 is 2.70 bits per heavy atom. The Morgan fingerprint density at radius 1 is 1.16 bits per heavy atom. The standard InChI is InChI=1S/C30H29Cl2FN8OS/c1-38-7-9-39(10-8-38)14-18-2-4-19(5-3-18)21-13-23(31)22-16-41(37-26(22)25(21)32)28(29(42)36-30-34-6-11-43-30)27-24-12-20(33)15-40(24)17-35-27/h2-6,11,13,16-17,20,28H,7-10,12,14-15H2,1H3,(H,34,36,42)/t20-,28-/m1/s1. The van der Waals surface area contributed by atoms with Crippen molar-refractivity contribution < 1.29 is 9.18 Å². The maximum absolute atomic E-state index is 14.3. The molecule has 13 heteroatoms. The molecule has 1 fully saturated rings. The lowest BCUT2D eigenvalue weighted by Crippen LogP contribution is -2.43. The highest BCUT2D eigenvalue weighted by atomic mass is 35.5. The van der Waals surface area contributed by atoms with Crippen molar-refractivity contribution in [1.29, 1.82) is 0 Å². The Balaban J connectivity index is 1.23. The van der Waals surface area contributed by atoms with E-state index in [2.05, 4.69) is 56.4 Å². The van der Waals surface area contributed by atoms with Crippen LogP contribution in [0.1, 0.15) is 23.0 Å². The van der Waals surface area contributed by atoms with Gasteiger partial charge in [-0.25, -0.2) is 14.4 Å². The number of amides is 1. The second kappa shape index (κ2) is 11.6. The van der Waals surface area contributed by atoms with Crippen molar-refractivity contribution in [1.82, 2.24) is 34.1 Å². The Labute approximate surface area is 261 Å². The lowest BCUT2D eigenvalue weighted by Gasteiger charge is -2.32. The summed E-state index contributed by atoms with van der Waals surface area (Å²) in [6.07, 6.45) is 4.03. The topological polar surface area (TPSA) is 84.1 Å². The van der Waals surface area contributed by atoms with Crippen molar-refractivity contribution >= 4 is 56.5 Å². The first-order valence-corrected chi connectivity index (χ1v) is 15.7. The Hall–Kier alpha value is -3.35. The third-order valence-electron chi connectivity index (χ3n) is 8.19. The highest BCUT2D eigenvalue weighted by Gasteiger charge is 2.34. The number of hydrogen-bond acceptors (Lipinski definition) is 7. The molecular formula is C30H29Cl2FN8OS. The summed E-state index contributed by atoms with van der Waals surface area (Å²) >= 11 is 15.1. The molecule has 2 aliphatic rings. The van der Waals surface area contributed by atoms with Gasteiger partial charge in [-0.1, -0.05) is 47.5 Å². The van der Waals surface area contributed by atoms with Crippen LogP contribution in [0.3, 0.4) is 0 Å². The molecule has 0 bridgehead atoms. The molecule has 2 atom stereocenters. The van der Waals surface area contributed by atoms with Gasteiger partial charge in [-0.05, 0) is 24.2 Å². The normalized spacial score (nSPS) is 18.3. The minimum Gasteiger partial charge on any atom is -0.331 e. The van der Waals surface area contributed by atoms with E-state index < -0.39 is 18.1 Å². The van der Waals surface area contributed by atoms with Gasteiger partial charge in [-0.15, -0.1) is 11.3 Å². The molecule has 5 aromatic rings. The van der Waals surface area contributed by atoms with Crippen LogP contribution in [0.25, 0.3) is 22.0 Å². The molecule has 43 heavy (non-hydrogen) atoms. The number of anilines is 1. The molecule has 0 radical (unpaired) electrons. The summed E-state index contributed by atoms with van der Waals surface area (Å²) in [6.45, 7) is 5.37. The number of carbonyl (C=O) groups excluding carboxylic acids is 1. The molecule has 0 unspecified atom stereocenters. The van der Waals surface area contributed by atoms with E-state index in [1.807, 2.05) is 6.07 Å². The third kappa shape index (κ3) is 5.56. The van der Waals surface area contributed by atoms with Crippen LogP contribution < -0.4 is 5.32 Å². The van der Waals surface area contributed by atoms with Crippen molar-refractivity contribution in [3.8, 4) is 11.1 Å². The van der Waals surface area contributed by atoms with E-state index in [1.54, 1.807) is 28.7 Å². The van der Waals surface area contributed by atoms with Crippen molar-refractivity contribution in [2.45, 2.75) is 31.7 Å². The quantitative estimate of drug-likeness (QED) is 0.252. The molecule has 1 saturated heterocycles. The van der Waals surface area contributed by atoms with E-state index in [1.165, 1.54) is 21.6 Å². The number of halogens is 3. The third-order valence-corrected chi connectivity index (χ3v) is 9.58. The summed E-state index contributed by atoms with van der Waals surface area (Å²) in [7, 11) is 2.16. The monoisotopic (exact) mass is 638 g/mol. The van der Waals surface area contributed by atoms with Gasteiger partial charge in [0.25, 0.3) is 5.91 Å². The number of nitrogens with zero attached hydrogens (tertiary/aromatic N) is 7. The molecular weight excluding hydrogens is 610 g/mol. The Bertz CT molecular complexity index is 1780. The van der Waals surface area contributed by atoms with Crippen LogP contribution in [0, 0.1) is 0 Å². The molecule has 1 N–H and O–H groups in total. The number of thiazole rings is 1. The van der Waals surface area contributed by atoms with Crippen LogP contribution in [-0.2, 0) is 24.3 Å². The van der Waals surface area contributed by atoms with Crippen molar-refractivity contribution in [3.05, 3.63) is 81.4 Å². The van der Waals surface area contributed by atoms with Crippen LogP contribution in [0.2, 0.25) is 10.0 Å². The number of fused-ring (bicyclic) bond motifs is 2. The number of likely N-dealkylation sites (N-methyl/N-ethyl adjacent to an activating group) is 1. The van der Waals surface area contributed by atoms with Crippen molar-refractivity contribution in [2.24, 2.45) is 0 Å². The second-order valence-corrected chi connectivity index (χ2v) is 12.8. The van der Waals surface area contributed by atoms with E-state index >= 15 is 0 Å². The second-order valence-electron chi connectivity index (χ2n) is 11.1. The maximum atomic E-state index is 14.3. The molecule has 0 aliphatic carbocycles. The number of rotatable bonds is 7. The summed E-state index contributed by atoms with van der Waals surface area (Å²) in [4.78, 5) is 27.2. The van der Waals surface area contributed by atoms with Crippen LogP contribution in [0.15, 0.2) is 54.4 Å². The molecule has 1 amide bonds. The lowest BCUT2D eigenvalue weighted by atomic mass is 10.0. The predicted octanol–water partition coefficient (Wildman–Crippen LogP) is 5.53. The highest BCUT2D eigenvalue weighted by Crippen LogP contribution is 2.39. The summed E-state index contributed by atoms with van der Waals surface area (Å²) in [5.74, 6) is -0.394. The molecule has 0 saturated carbocycles. The van der Waals surface area contributed by atoms with Crippen LogP contribution in [0.4, 0.5) is 9.52 Å². The van der Waals surface area contributed by atoms with Crippen LogP contribution in [-0.4, -0.2) is 79.4 Å². The summed E-state index contributed by atoms with van der Waals surface area (Å²) in [5.41, 5.74) is 4.48. The SMILES string of the molecule is CN1CCN(Cc2ccc(-c3cc(Cl)c4cn([C@@H](C(=O)Nc5nccs5)c5ncn6c5C[C@@H](F)C6)nc4c3Cl)cc2)CC1. The number of piperazine rings is 1. The van der Waals surface area contributed by atoms with E-state index in [4.69, 9.17) is 28.3 Å². The Kier molecular flexibility index (Phi) is 7.68. The zero-order valence-corrected chi connectivity index (χ0v) is 25.7. The van der Waals surface area contributed by atoms with E-state index in [9.17, 15) is 9.18 Å². The van der Waals surface area contributed by atoms with Gasteiger partial charge in [0, 0.05) is 73.6 Å². The van der Waals surface area contributed by atoms with E-state index in [0.29, 0.717) is 37.5 Å². The average molecular weight is 640 g/mol. The first-order valence-electron chi connectivity index (χ1n) is 14.1. The molecule has 0 spiro atoms. The van der Waals surface area contributed by atoms with Gasteiger partial charge in [-0.2, -0.15) is 5.10 Å². The lowest BCUT2D eigenvalue weighted by molar-refractivity contribution is -0.118. The molecule has 3 aromatic heterocycles. The van der Waals surface area contributed by atoms with Gasteiger partial charge in [-0.3, -0.25) is 19.7 Å². The van der Waals surface area contributed by atoms with Gasteiger partial charge in [0.05, 0.1) is 28.6 Å². The number of nitrogens with one attached hydrogen (secondary N) is 1. The molecule has 5 heterocycles. The van der Waals surface area contributed by atoms with Crippen LogP contribution in [0.5, 0.6) is 0 Å². The highest BCUT2D eigenvalue weighted by molar-refractivity contribution is 7.13. The fourth-order valence-electron chi connectivity index (χ4n) is 5.87. The minimum atomic E-state index is -1.03. The number of hydrogen-bond donors (Lipinski definition) is 1. The van der Waals surface area contributed by atoms with E-state index in [0.717, 1.165) is 43.9 Å². The largest absolute Gasteiger partial charge is 0.331 e. The molecule has 2 aromatic carbocycles. The van der Waals surface area contributed by atoms with Gasteiger partial charge in [0.15, 0.2) is 11.2 Å². The zero-order chi connectivity index (χ0) is 29.7. The van der Waals surface area contributed by atoms with Gasteiger partial charge < -0.3 is 9.47 Å².